The van der Waals surface area contributed by atoms with Crippen LogP contribution in [0, 0.1) is 10.1 Å². The Hall–Kier alpha value is -2.99. The van der Waals surface area contributed by atoms with Gasteiger partial charge in [-0.15, -0.1) is 0 Å². The van der Waals surface area contributed by atoms with Crippen molar-refractivity contribution in [1.82, 2.24) is 10.2 Å². The first-order valence-electron chi connectivity index (χ1n) is 11.5. The molecule has 1 saturated carbocycles. The van der Waals surface area contributed by atoms with E-state index in [2.05, 4.69) is 21.2 Å². The summed E-state index contributed by atoms with van der Waals surface area (Å²) < 4.78 is 26.8. The maximum atomic E-state index is 13.6. The zero-order valence-corrected chi connectivity index (χ0v) is 22.5. The van der Waals surface area contributed by atoms with Crippen LogP contribution in [0.4, 0.5) is 11.4 Å². The van der Waals surface area contributed by atoms with Crippen molar-refractivity contribution in [2.24, 2.45) is 0 Å². The van der Waals surface area contributed by atoms with E-state index >= 15 is 0 Å². The van der Waals surface area contributed by atoms with Crippen LogP contribution >= 0.6 is 15.9 Å². The van der Waals surface area contributed by atoms with Gasteiger partial charge in [-0.3, -0.25) is 24.0 Å². The third kappa shape index (κ3) is 7.26. The van der Waals surface area contributed by atoms with Gasteiger partial charge in [0, 0.05) is 29.2 Å². The van der Waals surface area contributed by atoms with Crippen molar-refractivity contribution in [3.8, 4) is 0 Å². The molecule has 0 radical (unpaired) electrons. The predicted octanol–water partition coefficient (Wildman–Crippen LogP) is 3.60. The summed E-state index contributed by atoms with van der Waals surface area (Å²) in [6.45, 7) is 1.07. The highest BCUT2D eigenvalue weighted by atomic mass is 79.9. The van der Waals surface area contributed by atoms with E-state index in [1.54, 1.807) is 13.0 Å². The number of nitro groups is 1. The van der Waals surface area contributed by atoms with Crippen LogP contribution in [-0.4, -0.2) is 54.9 Å². The Kier molecular flexibility index (Phi) is 9.07. The van der Waals surface area contributed by atoms with Crippen LogP contribution in [0.25, 0.3) is 0 Å². The van der Waals surface area contributed by atoms with Gasteiger partial charge in [-0.25, -0.2) is 8.42 Å². The lowest BCUT2D eigenvalue weighted by Gasteiger charge is -2.32. The molecular weight excluding hydrogens is 552 g/mol. The second kappa shape index (κ2) is 11.8. The van der Waals surface area contributed by atoms with E-state index in [-0.39, 0.29) is 29.9 Å². The number of benzene rings is 2. The number of nitro benzene ring substituents is 1. The molecule has 2 amide bonds. The number of halogens is 1. The smallest absolute Gasteiger partial charge is 0.271 e. The third-order valence-corrected chi connectivity index (χ3v) is 7.75. The fourth-order valence-electron chi connectivity index (χ4n) is 4.18. The first-order chi connectivity index (χ1) is 17.0. The topological polar surface area (TPSA) is 130 Å². The van der Waals surface area contributed by atoms with Gasteiger partial charge in [0.15, 0.2) is 0 Å². The highest BCUT2D eigenvalue weighted by Gasteiger charge is 2.31. The van der Waals surface area contributed by atoms with E-state index in [1.165, 1.54) is 23.1 Å². The first kappa shape index (κ1) is 27.6. The van der Waals surface area contributed by atoms with Crippen molar-refractivity contribution in [3.05, 3.63) is 68.7 Å². The molecular formula is C24H29BrN4O6S. The Bertz CT molecular complexity index is 1230. The van der Waals surface area contributed by atoms with Crippen molar-refractivity contribution in [1.29, 1.82) is 0 Å². The Morgan fingerprint density at radius 3 is 2.44 bits per heavy atom. The Labute approximate surface area is 219 Å². The van der Waals surface area contributed by atoms with Crippen LogP contribution in [0.5, 0.6) is 0 Å². The average Bonchev–Trinajstić information content (AvgIpc) is 3.32. The van der Waals surface area contributed by atoms with Gasteiger partial charge in [-0.1, -0.05) is 47.0 Å². The summed E-state index contributed by atoms with van der Waals surface area (Å²) in [6.07, 6.45) is 4.76. The van der Waals surface area contributed by atoms with Gasteiger partial charge in [0.1, 0.15) is 12.6 Å². The molecule has 194 valence electrons. The molecule has 0 spiro atoms. The molecule has 36 heavy (non-hydrogen) atoms. The molecule has 0 unspecified atom stereocenters. The third-order valence-electron chi connectivity index (χ3n) is 6.12. The Morgan fingerprint density at radius 2 is 1.83 bits per heavy atom. The normalized spacial score (nSPS) is 14.8. The number of anilines is 1. The molecule has 1 atom stereocenters. The van der Waals surface area contributed by atoms with Gasteiger partial charge in [-0.2, -0.15) is 0 Å². The van der Waals surface area contributed by atoms with E-state index in [9.17, 15) is 28.1 Å². The maximum absolute atomic E-state index is 13.6. The van der Waals surface area contributed by atoms with Gasteiger partial charge < -0.3 is 10.2 Å². The Morgan fingerprint density at radius 1 is 1.17 bits per heavy atom. The number of hydrogen-bond donors (Lipinski definition) is 1. The fraction of sp³-hybridized carbons (Fsp3) is 0.417. The zero-order chi connectivity index (χ0) is 26.5. The number of carbonyl (C=O) groups excluding carboxylic acids is 2. The minimum Gasteiger partial charge on any atom is -0.352 e. The van der Waals surface area contributed by atoms with E-state index < -0.39 is 33.4 Å². The summed E-state index contributed by atoms with van der Waals surface area (Å²) in [5.74, 6) is -0.924. The predicted molar refractivity (Wildman–Crippen MR) is 140 cm³/mol. The summed E-state index contributed by atoms with van der Waals surface area (Å²) in [6, 6.07) is 11.5. The summed E-state index contributed by atoms with van der Waals surface area (Å²) >= 11 is 3.40. The number of sulfonamides is 1. The van der Waals surface area contributed by atoms with Crippen molar-refractivity contribution in [2.75, 3.05) is 17.1 Å². The Balaban J connectivity index is 1.90. The maximum Gasteiger partial charge on any atom is 0.271 e. The second-order valence-electron chi connectivity index (χ2n) is 8.86. The average molecular weight is 581 g/mol. The van der Waals surface area contributed by atoms with Crippen molar-refractivity contribution >= 4 is 49.1 Å². The summed E-state index contributed by atoms with van der Waals surface area (Å²) in [7, 11) is -3.98. The second-order valence-corrected chi connectivity index (χ2v) is 11.7. The molecule has 1 N–H and O–H groups in total. The van der Waals surface area contributed by atoms with E-state index in [0.29, 0.717) is 0 Å². The van der Waals surface area contributed by atoms with Gasteiger partial charge in [-0.05, 0) is 43.5 Å². The standard InChI is InChI=1S/C24H29BrN4O6S/c1-17(24(31)26-20-9-3-4-10-20)27(15-18-7-5-8-19(25)13-18)23(30)16-28(36(2,34)35)21-11-6-12-22(14-21)29(32)33/h5-8,11-14,17,20H,3-4,9-10,15-16H2,1-2H3,(H,26,31)/t17-/m0/s1. The lowest BCUT2D eigenvalue weighted by molar-refractivity contribution is -0.384. The van der Waals surface area contributed by atoms with Gasteiger partial charge in [0.05, 0.1) is 16.9 Å². The molecule has 0 bridgehead atoms. The zero-order valence-electron chi connectivity index (χ0n) is 20.1. The van der Waals surface area contributed by atoms with Crippen LogP contribution < -0.4 is 9.62 Å². The SMILES string of the molecule is C[C@@H](C(=O)NC1CCCC1)N(Cc1cccc(Br)c1)C(=O)CN(c1cccc([N+](=O)[O-])c1)S(C)(=O)=O. The summed E-state index contributed by atoms with van der Waals surface area (Å²) in [4.78, 5) is 38.5. The molecule has 10 nitrogen and oxygen atoms in total. The van der Waals surface area contributed by atoms with Crippen molar-refractivity contribution in [2.45, 2.75) is 51.2 Å². The van der Waals surface area contributed by atoms with Crippen molar-refractivity contribution in [3.63, 3.8) is 0 Å². The molecule has 0 aliphatic heterocycles. The molecule has 1 fully saturated rings. The number of rotatable bonds is 10. The molecule has 1 aliphatic rings. The molecule has 0 aromatic heterocycles. The lowest BCUT2D eigenvalue weighted by atomic mass is 10.1. The molecule has 2 aromatic carbocycles. The number of carbonyl (C=O) groups is 2. The number of nitrogens with zero attached hydrogens (tertiary/aromatic N) is 3. The van der Waals surface area contributed by atoms with Gasteiger partial charge >= 0.3 is 0 Å². The van der Waals surface area contributed by atoms with E-state index in [4.69, 9.17) is 0 Å². The van der Waals surface area contributed by atoms with Crippen LogP contribution in [0.3, 0.4) is 0 Å². The number of nitrogens with one attached hydrogen (secondary N) is 1. The van der Waals surface area contributed by atoms with Crippen LogP contribution in [0.15, 0.2) is 53.0 Å². The monoisotopic (exact) mass is 580 g/mol. The molecule has 2 aromatic rings. The molecule has 1 aliphatic carbocycles. The number of hydrogen-bond acceptors (Lipinski definition) is 6. The summed E-state index contributed by atoms with van der Waals surface area (Å²) in [5, 5.41) is 14.2. The molecule has 12 heteroatoms. The van der Waals surface area contributed by atoms with E-state index in [1.807, 2.05) is 18.2 Å². The number of non-ortho nitro benzene ring substituents is 1. The highest BCUT2D eigenvalue weighted by Crippen LogP contribution is 2.24. The highest BCUT2D eigenvalue weighted by molar-refractivity contribution is 9.10. The van der Waals surface area contributed by atoms with Crippen LogP contribution in [0.1, 0.15) is 38.2 Å². The molecule has 0 saturated heterocycles. The fourth-order valence-corrected chi connectivity index (χ4v) is 5.47. The quantitative estimate of drug-likeness (QED) is 0.337. The van der Waals surface area contributed by atoms with Crippen LogP contribution in [0.2, 0.25) is 0 Å². The van der Waals surface area contributed by atoms with Gasteiger partial charge in [0.2, 0.25) is 21.8 Å². The number of amides is 2. The van der Waals surface area contributed by atoms with Gasteiger partial charge in [0.25, 0.3) is 5.69 Å². The minimum absolute atomic E-state index is 0.00878. The molecule has 0 heterocycles. The lowest BCUT2D eigenvalue weighted by Crippen LogP contribution is -2.52. The molecule has 3 rings (SSSR count). The van der Waals surface area contributed by atoms with E-state index in [0.717, 1.165) is 52.3 Å². The van der Waals surface area contributed by atoms with Crippen LogP contribution in [-0.2, 0) is 26.2 Å². The largest absolute Gasteiger partial charge is 0.352 e. The first-order valence-corrected chi connectivity index (χ1v) is 14.2. The summed E-state index contributed by atoms with van der Waals surface area (Å²) in [5.41, 5.74) is 0.439. The van der Waals surface area contributed by atoms with Crippen molar-refractivity contribution < 1.29 is 22.9 Å². The minimum atomic E-state index is -3.98.